The van der Waals surface area contributed by atoms with E-state index in [2.05, 4.69) is 31.4 Å². The molecule has 0 aromatic heterocycles. The lowest BCUT2D eigenvalue weighted by molar-refractivity contribution is -0.122. The number of rotatable bonds is 8. The molecule has 1 unspecified atom stereocenters. The Hall–Kier alpha value is -0.570. The van der Waals surface area contributed by atoms with Crippen molar-refractivity contribution in [2.45, 2.75) is 71.9 Å². The summed E-state index contributed by atoms with van der Waals surface area (Å²) in [6, 6.07) is 0.426. The largest absolute Gasteiger partial charge is 0.350 e. The van der Waals surface area contributed by atoms with Crippen LogP contribution >= 0.6 is 0 Å². The zero-order valence-corrected chi connectivity index (χ0v) is 11.5. The highest BCUT2D eigenvalue weighted by molar-refractivity contribution is 5.78. The van der Waals surface area contributed by atoms with Crippen LogP contribution in [0.1, 0.15) is 60.3 Å². The van der Waals surface area contributed by atoms with Crippen molar-refractivity contribution in [2.24, 2.45) is 0 Å². The van der Waals surface area contributed by atoms with E-state index in [9.17, 15) is 4.79 Å². The van der Waals surface area contributed by atoms with E-state index >= 15 is 0 Å². The lowest BCUT2D eigenvalue weighted by Gasteiger charge is -2.25. The molecular formula is C13H28N2O. The fourth-order valence-corrected chi connectivity index (χ4v) is 1.39. The lowest BCUT2D eigenvalue weighted by atomic mass is 10.0. The number of unbranched alkanes of at least 4 members (excludes halogenated alkanes) is 1. The molecule has 16 heavy (non-hydrogen) atoms. The third-order valence-electron chi connectivity index (χ3n) is 2.96. The molecule has 0 aliphatic carbocycles. The highest BCUT2D eigenvalue weighted by Crippen LogP contribution is 2.06. The summed E-state index contributed by atoms with van der Waals surface area (Å²) in [7, 11) is 0. The van der Waals surface area contributed by atoms with Crippen molar-refractivity contribution >= 4 is 5.91 Å². The third-order valence-corrected chi connectivity index (χ3v) is 2.96. The van der Waals surface area contributed by atoms with Gasteiger partial charge in [0.25, 0.3) is 0 Å². The molecule has 3 nitrogen and oxygen atoms in total. The maximum absolute atomic E-state index is 11.6. The molecule has 0 aromatic rings. The second-order valence-corrected chi connectivity index (χ2v) is 5.21. The van der Waals surface area contributed by atoms with E-state index in [-0.39, 0.29) is 11.4 Å². The molecule has 0 aliphatic heterocycles. The van der Waals surface area contributed by atoms with Crippen molar-refractivity contribution < 1.29 is 4.79 Å². The molecule has 1 atom stereocenters. The minimum absolute atomic E-state index is 0.0918. The normalized spacial score (nSPS) is 13.6. The van der Waals surface area contributed by atoms with E-state index in [4.69, 9.17) is 0 Å². The first kappa shape index (κ1) is 15.4. The summed E-state index contributed by atoms with van der Waals surface area (Å²) >= 11 is 0. The predicted molar refractivity (Wildman–Crippen MR) is 69.5 cm³/mol. The monoisotopic (exact) mass is 228 g/mol. The second kappa shape index (κ2) is 7.66. The summed E-state index contributed by atoms with van der Waals surface area (Å²) in [5.41, 5.74) is -0.0918. The van der Waals surface area contributed by atoms with Gasteiger partial charge in [0.15, 0.2) is 0 Å². The Morgan fingerprint density at radius 1 is 1.31 bits per heavy atom. The van der Waals surface area contributed by atoms with E-state index in [1.807, 2.05) is 13.8 Å². The number of nitrogens with one attached hydrogen (secondary N) is 2. The van der Waals surface area contributed by atoms with Gasteiger partial charge in [-0.25, -0.2) is 0 Å². The average Bonchev–Trinajstić information content (AvgIpc) is 2.23. The predicted octanol–water partition coefficient (Wildman–Crippen LogP) is 2.46. The zero-order chi connectivity index (χ0) is 12.6. The summed E-state index contributed by atoms with van der Waals surface area (Å²) < 4.78 is 0. The molecular weight excluding hydrogens is 200 g/mol. The van der Waals surface area contributed by atoms with Crippen molar-refractivity contribution in [1.29, 1.82) is 0 Å². The quantitative estimate of drug-likeness (QED) is 0.670. The second-order valence-electron chi connectivity index (χ2n) is 5.21. The Kier molecular flexibility index (Phi) is 7.39. The van der Waals surface area contributed by atoms with E-state index < -0.39 is 0 Å². The Morgan fingerprint density at radius 3 is 2.44 bits per heavy atom. The molecule has 0 aliphatic rings. The van der Waals surface area contributed by atoms with Gasteiger partial charge < -0.3 is 10.6 Å². The van der Waals surface area contributed by atoms with E-state index in [1.54, 1.807) is 0 Å². The molecule has 96 valence electrons. The van der Waals surface area contributed by atoms with Crippen LogP contribution in [0.4, 0.5) is 0 Å². The first-order valence-electron chi connectivity index (χ1n) is 6.45. The Morgan fingerprint density at radius 2 is 1.94 bits per heavy atom. The Balaban J connectivity index is 3.73. The van der Waals surface area contributed by atoms with Gasteiger partial charge in [-0.1, -0.05) is 26.7 Å². The molecule has 0 fully saturated rings. The third kappa shape index (κ3) is 7.69. The van der Waals surface area contributed by atoms with Crippen LogP contribution in [0.25, 0.3) is 0 Å². The molecule has 0 saturated carbocycles. The highest BCUT2D eigenvalue weighted by atomic mass is 16.2. The van der Waals surface area contributed by atoms with Gasteiger partial charge in [0.1, 0.15) is 0 Å². The van der Waals surface area contributed by atoms with Crippen molar-refractivity contribution in [1.82, 2.24) is 10.6 Å². The van der Waals surface area contributed by atoms with Gasteiger partial charge in [-0.05, 0) is 33.6 Å². The summed E-state index contributed by atoms with van der Waals surface area (Å²) in [6.45, 7) is 10.9. The topological polar surface area (TPSA) is 41.1 Å². The van der Waals surface area contributed by atoms with Crippen LogP contribution in [0.2, 0.25) is 0 Å². The maximum Gasteiger partial charge on any atom is 0.234 e. The molecule has 0 bridgehead atoms. The first-order valence-corrected chi connectivity index (χ1v) is 6.45. The van der Waals surface area contributed by atoms with Crippen LogP contribution in [0.5, 0.6) is 0 Å². The van der Waals surface area contributed by atoms with Gasteiger partial charge >= 0.3 is 0 Å². The van der Waals surface area contributed by atoms with E-state index in [0.29, 0.717) is 12.6 Å². The van der Waals surface area contributed by atoms with Crippen molar-refractivity contribution in [2.75, 3.05) is 6.54 Å². The van der Waals surface area contributed by atoms with Gasteiger partial charge in [0.2, 0.25) is 5.91 Å². The van der Waals surface area contributed by atoms with Gasteiger partial charge in [-0.2, -0.15) is 0 Å². The van der Waals surface area contributed by atoms with E-state index in [1.165, 1.54) is 12.8 Å². The molecule has 0 spiro atoms. The number of amides is 1. The number of hydrogen-bond acceptors (Lipinski definition) is 2. The number of carbonyl (C=O) groups excluding carboxylic acids is 1. The fraction of sp³-hybridized carbons (Fsp3) is 0.923. The smallest absolute Gasteiger partial charge is 0.234 e. The van der Waals surface area contributed by atoms with Crippen molar-refractivity contribution in [3.63, 3.8) is 0 Å². The van der Waals surface area contributed by atoms with Crippen molar-refractivity contribution in [3.05, 3.63) is 0 Å². The van der Waals surface area contributed by atoms with Crippen LogP contribution in [0.3, 0.4) is 0 Å². The van der Waals surface area contributed by atoms with Crippen LogP contribution in [-0.4, -0.2) is 24.0 Å². The lowest BCUT2D eigenvalue weighted by Crippen LogP contribution is -2.47. The molecule has 1 amide bonds. The molecule has 3 heteroatoms. The first-order chi connectivity index (χ1) is 7.41. The number of hydrogen-bond donors (Lipinski definition) is 2. The Bertz CT molecular complexity index is 202. The molecule has 0 aromatic carbocycles. The maximum atomic E-state index is 11.6. The summed E-state index contributed by atoms with van der Waals surface area (Å²) in [4.78, 5) is 11.6. The summed E-state index contributed by atoms with van der Waals surface area (Å²) in [5, 5.41) is 6.27. The minimum Gasteiger partial charge on any atom is -0.350 e. The molecule has 0 heterocycles. The van der Waals surface area contributed by atoms with Crippen LogP contribution < -0.4 is 10.6 Å². The fourth-order valence-electron chi connectivity index (χ4n) is 1.39. The molecule has 0 saturated heterocycles. The highest BCUT2D eigenvalue weighted by Gasteiger charge is 2.17. The molecule has 0 rings (SSSR count). The number of carbonyl (C=O) groups is 1. The standard InChI is InChI=1S/C13H28N2O/c1-6-8-9-11(3)14-10-12(16)15-13(4,5)7-2/h11,14H,6-10H2,1-5H3,(H,15,16). The van der Waals surface area contributed by atoms with E-state index in [0.717, 1.165) is 12.8 Å². The molecule has 2 N–H and O–H groups in total. The van der Waals surface area contributed by atoms with Gasteiger partial charge in [-0.15, -0.1) is 0 Å². The minimum atomic E-state index is -0.0918. The Labute approximate surface area is 100 Å². The van der Waals surface area contributed by atoms with Crippen LogP contribution in [0.15, 0.2) is 0 Å². The van der Waals surface area contributed by atoms with Crippen LogP contribution in [-0.2, 0) is 4.79 Å². The summed E-state index contributed by atoms with van der Waals surface area (Å²) in [6.07, 6.45) is 4.52. The molecule has 0 radical (unpaired) electrons. The van der Waals surface area contributed by atoms with Crippen LogP contribution in [0, 0.1) is 0 Å². The van der Waals surface area contributed by atoms with Gasteiger partial charge in [-0.3, -0.25) is 4.79 Å². The van der Waals surface area contributed by atoms with Gasteiger partial charge in [0.05, 0.1) is 6.54 Å². The average molecular weight is 228 g/mol. The SMILES string of the molecule is CCCCC(C)NCC(=O)NC(C)(C)CC. The van der Waals surface area contributed by atoms with Gasteiger partial charge in [0, 0.05) is 11.6 Å². The van der Waals surface area contributed by atoms with Crippen molar-refractivity contribution in [3.8, 4) is 0 Å². The zero-order valence-electron chi connectivity index (χ0n) is 11.5. The summed E-state index contributed by atoms with van der Waals surface area (Å²) in [5.74, 6) is 0.0928.